The Morgan fingerprint density at radius 2 is 1.80 bits per heavy atom. The van der Waals surface area contributed by atoms with E-state index in [-0.39, 0.29) is 5.91 Å². The maximum absolute atomic E-state index is 12.2. The molecule has 0 saturated carbocycles. The molecule has 0 unspecified atom stereocenters. The molecule has 0 bridgehead atoms. The second-order valence-corrected chi connectivity index (χ2v) is 4.91. The molecule has 3 rings (SSSR count). The van der Waals surface area contributed by atoms with Crippen LogP contribution >= 0.6 is 0 Å². The first kappa shape index (κ1) is 12.7. The first-order chi connectivity index (χ1) is 9.83. The molecule has 20 heavy (non-hydrogen) atoms. The predicted molar refractivity (Wildman–Crippen MR) is 77.5 cm³/mol. The molecule has 1 aliphatic heterocycles. The van der Waals surface area contributed by atoms with Gasteiger partial charge in [0.2, 0.25) is 5.91 Å². The number of anilines is 1. The molecular formula is C15H18N4O. The normalized spacial score (nSPS) is 15.4. The molecule has 1 aliphatic rings. The Hall–Kier alpha value is -2.30. The molecule has 5 heteroatoms. The minimum Gasteiger partial charge on any atom is -0.368 e. The SMILES string of the molecule is O=C(Cn1cccn1)N1CCN(c2ccccc2)CC1. The fourth-order valence-electron chi connectivity index (χ4n) is 2.49. The average Bonchev–Trinajstić information content (AvgIpc) is 3.01. The third kappa shape index (κ3) is 2.82. The van der Waals surface area contributed by atoms with Crippen LogP contribution in [0.2, 0.25) is 0 Å². The molecule has 2 aromatic rings. The van der Waals surface area contributed by atoms with E-state index in [1.807, 2.05) is 35.4 Å². The predicted octanol–water partition coefficient (Wildman–Crippen LogP) is 1.23. The number of hydrogen-bond acceptors (Lipinski definition) is 3. The van der Waals surface area contributed by atoms with E-state index in [1.165, 1.54) is 5.69 Å². The number of amides is 1. The number of benzene rings is 1. The zero-order chi connectivity index (χ0) is 13.8. The molecule has 1 aromatic carbocycles. The number of rotatable bonds is 3. The highest BCUT2D eigenvalue weighted by atomic mass is 16.2. The zero-order valence-electron chi connectivity index (χ0n) is 11.4. The first-order valence-electron chi connectivity index (χ1n) is 6.88. The molecule has 1 aromatic heterocycles. The quantitative estimate of drug-likeness (QED) is 0.842. The Labute approximate surface area is 118 Å². The number of para-hydroxylation sites is 1. The van der Waals surface area contributed by atoms with E-state index in [0.717, 1.165) is 26.2 Å². The van der Waals surface area contributed by atoms with Gasteiger partial charge in [-0.15, -0.1) is 0 Å². The van der Waals surface area contributed by atoms with Gasteiger partial charge in [-0.1, -0.05) is 18.2 Å². The second kappa shape index (κ2) is 5.77. The van der Waals surface area contributed by atoms with Gasteiger partial charge in [-0.3, -0.25) is 9.48 Å². The summed E-state index contributed by atoms with van der Waals surface area (Å²) in [7, 11) is 0. The van der Waals surface area contributed by atoms with Crippen molar-refractivity contribution in [2.24, 2.45) is 0 Å². The van der Waals surface area contributed by atoms with Crippen molar-refractivity contribution in [2.45, 2.75) is 6.54 Å². The zero-order valence-corrected chi connectivity index (χ0v) is 11.4. The maximum Gasteiger partial charge on any atom is 0.244 e. The lowest BCUT2D eigenvalue weighted by Crippen LogP contribution is -2.49. The van der Waals surface area contributed by atoms with E-state index in [9.17, 15) is 4.79 Å². The molecule has 0 radical (unpaired) electrons. The van der Waals surface area contributed by atoms with Gasteiger partial charge < -0.3 is 9.80 Å². The van der Waals surface area contributed by atoms with Crippen molar-refractivity contribution in [2.75, 3.05) is 31.1 Å². The van der Waals surface area contributed by atoms with E-state index in [1.54, 1.807) is 10.9 Å². The van der Waals surface area contributed by atoms with Gasteiger partial charge in [-0.25, -0.2) is 0 Å². The summed E-state index contributed by atoms with van der Waals surface area (Å²) in [4.78, 5) is 16.4. The van der Waals surface area contributed by atoms with Gasteiger partial charge in [-0.2, -0.15) is 5.10 Å². The van der Waals surface area contributed by atoms with Crippen LogP contribution in [0, 0.1) is 0 Å². The van der Waals surface area contributed by atoms with E-state index < -0.39 is 0 Å². The highest BCUT2D eigenvalue weighted by molar-refractivity contribution is 5.76. The second-order valence-electron chi connectivity index (χ2n) is 4.91. The number of carbonyl (C=O) groups is 1. The summed E-state index contributed by atoms with van der Waals surface area (Å²) in [5.74, 6) is 0.140. The van der Waals surface area contributed by atoms with Gasteiger partial charge in [0.25, 0.3) is 0 Å². The molecule has 0 spiro atoms. The number of aromatic nitrogens is 2. The van der Waals surface area contributed by atoms with Gasteiger partial charge in [0.05, 0.1) is 0 Å². The molecule has 5 nitrogen and oxygen atoms in total. The summed E-state index contributed by atoms with van der Waals surface area (Å²) < 4.78 is 1.67. The Kier molecular flexibility index (Phi) is 3.67. The standard InChI is InChI=1S/C15H18N4O/c20-15(13-19-8-4-7-16-19)18-11-9-17(10-12-18)14-5-2-1-3-6-14/h1-8H,9-13H2. The largest absolute Gasteiger partial charge is 0.368 e. The lowest BCUT2D eigenvalue weighted by atomic mass is 10.2. The molecule has 1 fully saturated rings. The summed E-state index contributed by atoms with van der Waals surface area (Å²) in [6, 6.07) is 12.2. The van der Waals surface area contributed by atoms with Crippen LogP contribution in [0.5, 0.6) is 0 Å². The minimum atomic E-state index is 0.140. The van der Waals surface area contributed by atoms with Crippen LogP contribution in [0.15, 0.2) is 48.8 Å². The topological polar surface area (TPSA) is 41.4 Å². The summed E-state index contributed by atoms with van der Waals surface area (Å²) in [5.41, 5.74) is 1.23. The Morgan fingerprint density at radius 1 is 1.05 bits per heavy atom. The number of carbonyl (C=O) groups excluding carboxylic acids is 1. The fraction of sp³-hybridized carbons (Fsp3) is 0.333. The highest BCUT2D eigenvalue weighted by Crippen LogP contribution is 2.15. The van der Waals surface area contributed by atoms with Gasteiger partial charge in [0.1, 0.15) is 6.54 Å². The van der Waals surface area contributed by atoms with Crippen LogP contribution in [0.3, 0.4) is 0 Å². The average molecular weight is 270 g/mol. The molecule has 0 aliphatic carbocycles. The fourth-order valence-corrected chi connectivity index (χ4v) is 2.49. The van der Waals surface area contributed by atoms with E-state index >= 15 is 0 Å². The molecule has 2 heterocycles. The monoisotopic (exact) mass is 270 g/mol. The number of hydrogen-bond donors (Lipinski definition) is 0. The maximum atomic E-state index is 12.2. The third-order valence-electron chi connectivity index (χ3n) is 3.61. The van der Waals surface area contributed by atoms with Crippen molar-refractivity contribution in [3.05, 3.63) is 48.8 Å². The Morgan fingerprint density at radius 3 is 2.45 bits per heavy atom. The van der Waals surface area contributed by atoms with Gasteiger partial charge in [0.15, 0.2) is 0 Å². The van der Waals surface area contributed by atoms with Crippen LogP contribution in [0.25, 0.3) is 0 Å². The van der Waals surface area contributed by atoms with E-state index in [4.69, 9.17) is 0 Å². The van der Waals surface area contributed by atoms with Crippen LogP contribution in [0.4, 0.5) is 5.69 Å². The van der Waals surface area contributed by atoms with E-state index in [0.29, 0.717) is 6.54 Å². The molecule has 0 atom stereocenters. The van der Waals surface area contributed by atoms with E-state index in [2.05, 4.69) is 22.1 Å². The lowest BCUT2D eigenvalue weighted by Gasteiger charge is -2.36. The molecule has 1 amide bonds. The van der Waals surface area contributed by atoms with Crippen LogP contribution in [-0.4, -0.2) is 46.8 Å². The van der Waals surface area contributed by atoms with Gasteiger partial charge in [-0.05, 0) is 18.2 Å². The summed E-state index contributed by atoms with van der Waals surface area (Å²) in [6.07, 6.45) is 3.51. The van der Waals surface area contributed by atoms with Crippen molar-refractivity contribution in [1.82, 2.24) is 14.7 Å². The highest BCUT2D eigenvalue weighted by Gasteiger charge is 2.21. The summed E-state index contributed by atoms with van der Waals surface area (Å²) >= 11 is 0. The minimum absolute atomic E-state index is 0.140. The van der Waals surface area contributed by atoms with Crippen LogP contribution in [-0.2, 0) is 11.3 Å². The first-order valence-corrected chi connectivity index (χ1v) is 6.88. The Bertz CT molecular complexity index is 545. The van der Waals surface area contributed by atoms with Crippen molar-refractivity contribution >= 4 is 11.6 Å². The smallest absolute Gasteiger partial charge is 0.244 e. The molecule has 1 saturated heterocycles. The van der Waals surface area contributed by atoms with Crippen LogP contribution in [0.1, 0.15) is 0 Å². The van der Waals surface area contributed by atoms with Crippen LogP contribution < -0.4 is 4.90 Å². The lowest BCUT2D eigenvalue weighted by molar-refractivity contribution is -0.132. The van der Waals surface area contributed by atoms with Gasteiger partial charge in [0, 0.05) is 44.3 Å². The molecular weight excluding hydrogens is 252 g/mol. The molecule has 104 valence electrons. The number of nitrogens with zero attached hydrogens (tertiary/aromatic N) is 4. The van der Waals surface area contributed by atoms with Crippen molar-refractivity contribution in [3.8, 4) is 0 Å². The molecule has 0 N–H and O–H groups in total. The number of piperazine rings is 1. The summed E-state index contributed by atoms with van der Waals surface area (Å²) in [5, 5.41) is 4.07. The van der Waals surface area contributed by atoms with Crippen molar-refractivity contribution in [1.29, 1.82) is 0 Å². The van der Waals surface area contributed by atoms with Crippen molar-refractivity contribution < 1.29 is 4.79 Å². The Balaban J connectivity index is 1.54. The van der Waals surface area contributed by atoms with Gasteiger partial charge >= 0.3 is 0 Å². The third-order valence-corrected chi connectivity index (χ3v) is 3.61. The van der Waals surface area contributed by atoms with Crippen molar-refractivity contribution in [3.63, 3.8) is 0 Å². The summed E-state index contributed by atoms with van der Waals surface area (Å²) in [6.45, 7) is 3.64.